The van der Waals surface area contributed by atoms with Crippen LogP contribution in [-0.2, 0) is 4.74 Å². The van der Waals surface area contributed by atoms with E-state index in [0.717, 1.165) is 19.4 Å². The Bertz CT molecular complexity index is 453. The predicted octanol–water partition coefficient (Wildman–Crippen LogP) is 2.38. The lowest BCUT2D eigenvalue weighted by Crippen LogP contribution is -2.29. The lowest BCUT2D eigenvalue weighted by Gasteiger charge is -2.16. The van der Waals surface area contributed by atoms with Crippen LogP contribution in [0.15, 0.2) is 18.2 Å². The first kappa shape index (κ1) is 13.2. The lowest BCUT2D eigenvalue weighted by atomic mass is 10.1. The van der Waals surface area contributed by atoms with Crippen LogP contribution in [-0.4, -0.2) is 24.4 Å². The van der Waals surface area contributed by atoms with E-state index in [9.17, 15) is 5.11 Å². The van der Waals surface area contributed by atoms with E-state index in [0.29, 0.717) is 17.1 Å². The molecule has 4 nitrogen and oxygen atoms in total. The molecule has 0 amide bonds. The zero-order valence-electron chi connectivity index (χ0n) is 9.90. The first-order valence-corrected chi connectivity index (χ1v) is 6.31. The second-order valence-corrected chi connectivity index (χ2v) is 4.74. The summed E-state index contributed by atoms with van der Waals surface area (Å²) in [6, 6.07) is 6.24. The van der Waals surface area contributed by atoms with E-state index in [2.05, 4.69) is 11.4 Å². The van der Waals surface area contributed by atoms with Crippen molar-refractivity contribution in [2.45, 2.75) is 25.0 Å². The number of phenolic OH excluding ortho intramolecular Hbond substituents is 1. The van der Waals surface area contributed by atoms with Crippen molar-refractivity contribution in [3.63, 3.8) is 0 Å². The van der Waals surface area contributed by atoms with Crippen LogP contribution in [0.1, 0.15) is 24.4 Å². The summed E-state index contributed by atoms with van der Waals surface area (Å²) in [6.45, 7) is 1.39. The molecular formula is C13H15ClN2O2. The Labute approximate surface area is 111 Å². The highest BCUT2D eigenvalue weighted by atomic mass is 35.5. The van der Waals surface area contributed by atoms with E-state index in [-0.39, 0.29) is 11.9 Å². The van der Waals surface area contributed by atoms with Crippen LogP contribution in [0.4, 0.5) is 0 Å². The number of hydrogen-bond donors (Lipinski definition) is 2. The Hall–Kier alpha value is -1.28. The van der Waals surface area contributed by atoms with Crippen LogP contribution < -0.4 is 5.32 Å². The monoisotopic (exact) mass is 266 g/mol. The van der Waals surface area contributed by atoms with Gasteiger partial charge in [0.05, 0.1) is 12.2 Å². The Morgan fingerprint density at radius 2 is 2.44 bits per heavy atom. The van der Waals surface area contributed by atoms with Crippen LogP contribution in [0.5, 0.6) is 5.75 Å². The molecular weight excluding hydrogens is 252 g/mol. The minimum Gasteiger partial charge on any atom is -0.508 e. The number of hydrogen-bond acceptors (Lipinski definition) is 4. The molecule has 0 bridgehead atoms. The van der Waals surface area contributed by atoms with Gasteiger partial charge in [-0.15, -0.1) is 0 Å². The van der Waals surface area contributed by atoms with E-state index in [1.54, 1.807) is 12.1 Å². The van der Waals surface area contributed by atoms with Crippen molar-refractivity contribution < 1.29 is 9.84 Å². The van der Waals surface area contributed by atoms with Crippen molar-refractivity contribution >= 4 is 11.6 Å². The standard InChI is InChI=1S/C13H15ClN2O2/c14-9-3-4-13(17)11(6-9)12(7-15)16-8-10-2-1-5-18-10/h3-4,6,10,12,16-17H,1-2,5,8H2. The van der Waals surface area contributed by atoms with Gasteiger partial charge in [-0.3, -0.25) is 5.32 Å². The number of halogens is 1. The number of benzene rings is 1. The number of phenols is 1. The quantitative estimate of drug-likeness (QED) is 0.878. The maximum Gasteiger partial charge on any atom is 0.125 e. The minimum absolute atomic E-state index is 0.0748. The lowest BCUT2D eigenvalue weighted by molar-refractivity contribution is 0.109. The summed E-state index contributed by atoms with van der Waals surface area (Å²) in [5.41, 5.74) is 0.503. The molecule has 2 rings (SSSR count). The number of nitriles is 1. The fourth-order valence-corrected chi connectivity index (χ4v) is 2.22. The molecule has 1 saturated heterocycles. The average Bonchev–Trinajstić information content (AvgIpc) is 2.87. The van der Waals surface area contributed by atoms with Crippen molar-refractivity contribution in [1.29, 1.82) is 5.26 Å². The summed E-state index contributed by atoms with van der Waals surface area (Å²) in [7, 11) is 0. The number of aromatic hydroxyl groups is 1. The Kier molecular flexibility index (Phi) is 4.43. The highest BCUT2D eigenvalue weighted by Crippen LogP contribution is 2.27. The number of nitrogens with one attached hydrogen (secondary N) is 1. The van der Waals surface area contributed by atoms with Gasteiger partial charge in [0.2, 0.25) is 0 Å². The van der Waals surface area contributed by atoms with E-state index < -0.39 is 6.04 Å². The number of rotatable bonds is 4. The number of nitrogens with zero attached hydrogens (tertiary/aromatic N) is 1. The zero-order chi connectivity index (χ0) is 13.0. The van der Waals surface area contributed by atoms with Crippen molar-refractivity contribution in [3.8, 4) is 11.8 Å². The molecule has 2 atom stereocenters. The summed E-state index contributed by atoms with van der Waals surface area (Å²) in [4.78, 5) is 0. The molecule has 1 aliphatic rings. The second kappa shape index (κ2) is 6.05. The van der Waals surface area contributed by atoms with Gasteiger partial charge < -0.3 is 9.84 Å². The second-order valence-electron chi connectivity index (χ2n) is 4.31. The third-order valence-electron chi connectivity index (χ3n) is 3.00. The Morgan fingerprint density at radius 3 is 3.11 bits per heavy atom. The summed E-state index contributed by atoms with van der Waals surface area (Å²) in [5, 5.41) is 22.5. The van der Waals surface area contributed by atoms with Crippen molar-refractivity contribution in [2.75, 3.05) is 13.2 Å². The molecule has 2 unspecified atom stereocenters. The molecule has 0 radical (unpaired) electrons. The molecule has 0 spiro atoms. The van der Waals surface area contributed by atoms with Crippen molar-refractivity contribution in [2.24, 2.45) is 0 Å². The van der Waals surface area contributed by atoms with Gasteiger partial charge in [0, 0.05) is 23.7 Å². The third kappa shape index (κ3) is 3.14. The maximum atomic E-state index is 9.75. The molecule has 18 heavy (non-hydrogen) atoms. The van der Waals surface area contributed by atoms with Gasteiger partial charge in [-0.25, -0.2) is 0 Å². The molecule has 0 aliphatic carbocycles. The van der Waals surface area contributed by atoms with Crippen LogP contribution >= 0.6 is 11.6 Å². The van der Waals surface area contributed by atoms with Gasteiger partial charge in [-0.2, -0.15) is 5.26 Å². The summed E-state index contributed by atoms with van der Waals surface area (Å²) in [6.07, 6.45) is 2.22. The molecule has 2 N–H and O–H groups in total. The normalized spacial score (nSPS) is 20.6. The summed E-state index contributed by atoms with van der Waals surface area (Å²) < 4.78 is 5.48. The molecule has 5 heteroatoms. The first-order valence-electron chi connectivity index (χ1n) is 5.93. The Balaban J connectivity index is 2.03. The fraction of sp³-hybridized carbons (Fsp3) is 0.462. The maximum absolute atomic E-state index is 9.75. The van der Waals surface area contributed by atoms with Gasteiger partial charge in [-0.05, 0) is 31.0 Å². The molecule has 96 valence electrons. The molecule has 0 saturated carbocycles. The molecule has 0 aromatic heterocycles. The molecule has 1 aliphatic heterocycles. The molecule has 1 fully saturated rings. The summed E-state index contributed by atoms with van der Waals surface area (Å²) in [5.74, 6) is 0.0748. The number of ether oxygens (including phenoxy) is 1. The van der Waals surface area contributed by atoms with E-state index in [4.69, 9.17) is 21.6 Å². The van der Waals surface area contributed by atoms with E-state index in [1.165, 1.54) is 6.07 Å². The zero-order valence-corrected chi connectivity index (χ0v) is 10.7. The smallest absolute Gasteiger partial charge is 0.125 e. The van der Waals surface area contributed by atoms with E-state index >= 15 is 0 Å². The van der Waals surface area contributed by atoms with Gasteiger partial charge in [0.15, 0.2) is 0 Å². The molecule has 1 aromatic rings. The third-order valence-corrected chi connectivity index (χ3v) is 3.24. The topological polar surface area (TPSA) is 65.3 Å². The van der Waals surface area contributed by atoms with Crippen LogP contribution in [0, 0.1) is 11.3 Å². The highest BCUT2D eigenvalue weighted by molar-refractivity contribution is 6.30. The Morgan fingerprint density at radius 1 is 1.61 bits per heavy atom. The summed E-state index contributed by atoms with van der Waals surface area (Å²) >= 11 is 5.87. The first-order chi connectivity index (χ1) is 8.70. The van der Waals surface area contributed by atoms with Crippen LogP contribution in [0.3, 0.4) is 0 Å². The van der Waals surface area contributed by atoms with E-state index in [1.807, 2.05) is 0 Å². The largest absolute Gasteiger partial charge is 0.508 e. The van der Waals surface area contributed by atoms with Crippen molar-refractivity contribution in [1.82, 2.24) is 5.32 Å². The van der Waals surface area contributed by atoms with Crippen LogP contribution in [0.2, 0.25) is 5.02 Å². The average molecular weight is 267 g/mol. The van der Waals surface area contributed by atoms with Gasteiger partial charge in [-0.1, -0.05) is 11.6 Å². The minimum atomic E-state index is -0.576. The van der Waals surface area contributed by atoms with Gasteiger partial charge in [0.1, 0.15) is 11.8 Å². The van der Waals surface area contributed by atoms with Gasteiger partial charge in [0.25, 0.3) is 0 Å². The SMILES string of the molecule is N#CC(NCC1CCCO1)c1cc(Cl)ccc1O. The highest BCUT2D eigenvalue weighted by Gasteiger charge is 2.19. The predicted molar refractivity (Wildman–Crippen MR) is 68.4 cm³/mol. The molecule has 1 aromatic carbocycles. The fourth-order valence-electron chi connectivity index (χ4n) is 2.04. The van der Waals surface area contributed by atoms with Crippen molar-refractivity contribution in [3.05, 3.63) is 28.8 Å². The van der Waals surface area contributed by atoms with Crippen LogP contribution in [0.25, 0.3) is 0 Å². The molecule has 1 heterocycles. The van der Waals surface area contributed by atoms with Gasteiger partial charge >= 0.3 is 0 Å².